The van der Waals surface area contributed by atoms with Gasteiger partial charge in [-0.05, 0) is 52.7 Å². The number of urea groups is 1. The first-order valence-electron chi connectivity index (χ1n) is 11.4. The number of nitro groups is 1. The van der Waals surface area contributed by atoms with Gasteiger partial charge in [0.05, 0.1) is 10.6 Å². The fourth-order valence-electron chi connectivity index (χ4n) is 4.11. The van der Waals surface area contributed by atoms with Gasteiger partial charge >= 0.3 is 6.03 Å². The van der Waals surface area contributed by atoms with Gasteiger partial charge in [0.2, 0.25) is 0 Å². The summed E-state index contributed by atoms with van der Waals surface area (Å²) in [7, 11) is 0. The third kappa shape index (κ3) is 4.82. The van der Waals surface area contributed by atoms with Crippen molar-refractivity contribution in [3.8, 4) is 5.75 Å². The van der Waals surface area contributed by atoms with Crippen LogP contribution in [0.2, 0.25) is 5.02 Å². The minimum atomic E-state index is -0.968. The highest BCUT2D eigenvalue weighted by atomic mass is 35.5. The maximum absolute atomic E-state index is 13.3. The van der Waals surface area contributed by atoms with Gasteiger partial charge in [-0.1, -0.05) is 54.1 Å². The molecule has 4 aromatic carbocycles. The van der Waals surface area contributed by atoms with Crippen molar-refractivity contribution in [2.45, 2.75) is 6.61 Å². The second kappa shape index (κ2) is 10.2. The monoisotopic (exact) mass is 527 g/mol. The molecule has 0 bridgehead atoms. The van der Waals surface area contributed by atoms with Crippen LogP contribution in [-0.2, 0) is 16.2 Å². The molecule has 0 aromatic heterocycles. The first kappa shape index (κ1) is 24.7. The van der Waals surface area contributed by atoms with E-state index in [-0.39, 0.29) is 23.6 Å². The summed E-state index contributed by atoms with van der Waals surface area (Å²) in [4.78, 5) is 49.5. The number of nitrogens with zero attached hydrogens (tertiary/aromatic N) is 2. The van der Waals surface area contributed by atoms with Crippen LogP contribution in [0.25, 0.3) is 16.8 Å². The summed E-state index contributed by atoms with van der Waals surface area (Å²) in [6.07, 6.45) is 1.30. The maximum Gasteiger partial charge on any atom is 0.335 e. The molecule has 1 fully saturated rings. The average molecular weight is 528 g/mol. The number of ether oxygens (including phenoxy) is 1. The predicted octanol–water partition coefficient (Wildman–Crippen LogP) is 5.65. The maximum atomic E-state index is 13.3. The van der Waals surface area contributed by atoms with Gasteiger partial charge in [0.25, 0.3) is 17.5 Å². The summed E-state index contributed by atoms with van der Waals surface area (Å²) in [5.74, 6) is -1.42. The van der Waals surface area contributed by atoms with Crippen molar-refractivity contribution < 1.29 is 24.0 Å². The average Bonchev–Trinajstić information content (AvgIpc) is 2.90. The van der Waals surface area contributed by atoms with E-state index in [1.54, 1.807) is 18.2 Å². The smallest absolute Gasteiger partial charge is 0.335 e. The molecule has 38 heavy (non-hydrogen) atoms. The molecular formula is C28H18ClN3O6. The third-order valence-corrected chi connectivity index (χ3v) is 6.19. The molecule has 0 spiro atoms. The lowest BCUT2D eigenvalue weighted by Gasteiger charge is -2.26. The molecule has 1 aliphatic heterocycles. The highest BCUT2D eigenvalue weighted by Gasteiger charge is 2.37. The predicted molar refractivity (Wildman–Crippen MR) is 142 cm³/mol. The Hall–Kier alpha value is -5.02. The number of barbiturate groups is 1. The van der Waals surface area contributed by atoms with E-state index in [1.807, 2.05) is 42.5 Å². The molecule has 1 aliphatic rings. The molecule has 1 N–H and O–H groups in total. The summed E-state index contributed by atoms with van der Waals surface area (Å²) in [5, 5.41) is 15.5. The summed E-state index contributed by atoms with van der Waals surface area (Å²) < 4.78 is 6.08. The molecule has 1 saturated heterocycles. The molecule has 1 heterocycles. The first-order valence-corrected chi connectivity index (χ1v) is 11.7. The van der Waals surface area contributed by atoms with Crippen LogP contribution in [0.3, 0.4) is 0 Å². The van der Waals surface area contributed by atoms with Gasteiger partial charge in [0.15, 0.2) is 0 Å². The highest BCUT2D eigenvalue weighted by Crippen LogP contribution is 2.30. The Balaban J connectivity index is 1.47. The molecule has 0 saturated carbocycles. The lowest BCUT2D eigenvalue weighted by Crippen LogP contribution is -2.54. The van der Waals surface area contributed by atoms with E-state index in [9.17, 15) is 24.5 Å². The summed E-state index contributed by atoms with van der Waals surface area (Å²) in [5.41, 5.74) is 0.819. The summed E-state index contributed by atoms with van der Waals surface area (Å²) in [6, 6.07) is 22.4. The van der Waals surface area contributed by atoms with E-state index in [0.717, 1.165) is 33.4 Å². The van der Waals surface area contributed by atoms with Gasteiger partial charge in [-0.2, -0.15) is 0 Å². The van der Waals surface area contributed by atoms with Gasteiger partial charge in [-0.3, -0.25) is 25.0 Å². The Morgan fingerprint density at radius 3 is 2.45 bits per heavy atom. The third-order valence-electron chi connectivity index (χ3n) is 5.96. The van der Waals surface area contributed by atoms with Gasteiger partial charge in [0, 0.05) is 22.7 Å². The number of amides is 4. The molecule has 4 amide bonds. The topological polar surface area (TPSA) is 119 Å². The Morgan fingerprint density at radius 2 is 1.68 bits per heavy atom. The SMILES string of the molecule is O=C1NC(=O)N(c2ccc([N+](=O)[O-])cc2)C(=O)/C1=C/c1cc(Cl)ccc1OCc1cccc2ccccc12. The Labute approximate surface area is 221 Å². The largest absolute Gasteiger partial charge is 0.488 e. The fourth-order valence-corrected chi connectivity index (χ4v) is 4.29. The van der Waals surface area contributed by atoms with Gasteiger partial charge in [-0.15, -0.1) is 0 Å². The van der Waals surface area contributed by atoms with Crippen LogP contribution in [0.5, 0.6) is 5.75 Å². The molecule has 0 radical (unpaired) electrons. The normalized spacial score (nSPS) is 14.6. The fraction of sp³-hybridized carbons (Fsp3) is 0.0357. The van der Waals surface area contributed by atoms with E-state index in [0.29, 0.717) is 16.3 Å². The van der Waals surface area contributed by atoms with E-state index in [1.165, 1.54) is 18.2 Å². The molecular weight excluding hydrogens is 510 g/mol. The van der Waals surface area contributed by atoms with Crippen LogP contribution < -0.4 is 15.0 Å². The lowest BCUT2D eigenvalue weighted by molar-refractivity contribution is -0.384. The quantitative estimate of drug-likeness (QED) is 0.150. The van der Waals surface area contributed by atoms with Crippen LogP contribution >= 0.6 is 11.6 Å². The number of imide groups is 2. The second-order valence-electron chi connectivity index (χ2n) is 8.34. The number of hydrogen-bond acceptors (Lipinski definition) is 6. The lowest BCUT2D eigenvalue weighted by atomic mass is 10.0. The molecule has 4 aromatic rings. The van der Waals surface area contributed by atoms with Crippen molar-refractivity contribution in [3.05, 3.63) is 117 Å². The first-order chi connectivity index (χ1) is 18.3. The van der Waals surface area contributed by atoms with Gasteiger partial charge < -0.3 is 4.74 Å². The standard InChI is InChI=1S/C28H18ClN3O6/c29-20-8-13-25(38-16-18-6-3-5-17-4-1-2-7-23(17)18)19(14-20)15-24-26(33)30-28(35)31(27(24)34)21-9-11-22(12-10-21)32(36)37/h1-15H,16H2,(H,30,33,35)/b24-15+. The number of hydrogen-bond donors (Lipinski definition) is 1. The van der Waals surface area contributed by atoms with E-state index >= 15 is 0 Å². The molecule has 188 valence electrons. The number of fused-ring (bicyclic) bond motifs is 1. The summed E-state index contributed by atoms with van der Waals surface area (Å²) in [6.45, 7) is 0.215. The van der Waals surface area contributed by atoms with Crippen molar-refractivity contribution in [3.63, 3.8) is 0 Å². The molecule has 10 heteroatoms. The zero-order chi connectivity index (χ0) is 26.8. The van der Waals surface area contributed by atoms with Crippen LogP contribution in [0.15, 0.2) is 90.5 Å². The molecule has 5 rings (SSSR count). The number of benzene rings is 4. The zero-order valence-corrected chi connectivity index (χ0v) is 20.3. The van der Waals surface area contributed by atoms with Gasteiger partial charge in [-0.25, -0.2) is 9.69 Å². The number of non-ortho nitro benzene ring substituents is 1. The molecule has 0 unspecified atom stereocenters. The van der Waals surface area contributed by atoms with Gasteiger partial charge in [0.1, 0.15) is 17.9 Å². The number of anilines is 1. The summed E-state index contributed by atoms with van der Waals surface area (Å²) >= 11 is 6.20. The Bertz CT molecular complexity index is 1640. The number of nitro benzene ring substituents is 1. The van der Waals surface area contributed by atoms with Crippen LogP contribution in [0.1, 0.15) is 11.1 Å². The van der Waals surface area contributed by atoms with Crippen LogP contribution in [0.4, 0.5) is 16.2 Å². The van der Waals surface area contributed by atoms with Crippen molar-refractivity contribution in [2.24, 2.45) is 0 Å². The molecule has 0 aliphatic carbocycles. The minimum Gasteiger partial charge on any atom is -0.488 e. The second-order valence-corrected chi connectivity index (χ2v) is 8.78. The van der Waals surface area contributed by atoms with Crippen molar-refractivity contribution in [1.82, 2.24) is 5.32 Å². The molecule has 9 nitrogen and oxygen atoms in total. The van der Waals surface area contributed by atoms with Crippen molar-refractivity contribution in [2.75, 3.05) is 4.90 Å². The van der Waals surface area contributed by atoms with E-state index in [2.05, 4.69) is 5.32 Å². The Kier molecular flexibility index (Phi) is 6.59. The number of nitrogens with one attached hydrogen (secondary N) is 1. The Morgan fingerprint density at radius 1 is 0.947 bits per heavy atom. The number of carbonyl (C=O) groups is 3. The van der Waals surface area contributed by atoms with Crippen LogP contribution in [-0.4, -0.2) is 22.8 Å². The number of halogens is 1. The van der Waals surface area contributed by atoms with E-state index < -0.39 is 22.8 Å². The number of rotatable bonds is 6. The number of carbonyl (C=O) groups excluding carboxylic acids is 3. The van der Waals surface area contributed by atoms with Crippen LogP contribution in [0, 0.1) is 10.1 Å². The zero-order valence-electron chi connectivity index (χ0n) is 19.6. The van der Waals surface area contributed by atoms with E-state index in [4.69, 9.17) is 16.3 Å². The van der Waals surface area contributed by atoms with Crippen molar-refractivity contribution in [1.29, 1.82) is 0 Å². The highest BCUT2D eigenvalue weighted by molar-refractivity contribution is 6.39. The molecule has 0 atom stereocenters. The van der Waals surface area contributed by atoms with Crippen molar-refractivity contribution >= 4 is 57.7 Å². The minimum absolute atomic E-state index is 0.0648.